The molecule has 0 spiro atoms. The number of aliphatic hydroxyl groups excluding tert-OH is 1. The minimum atomic E-state index is -0.321. The normalized spacial score (nSPS) is 24.7. The van der Waals surface area contributed by atoms with E-state index in [4.69, 9.17) is 10.2 Å². The van der Waals surface area contributed by atoms with E-state index in [1.165, 1.54) is 0 Å². The smallest absolute Gasteiger partial charge is 0.298 e. The molecule has 1 fully saturated rings. The van der Waals surface area contributed by atoms with Gasteiger partial charge in [-0.3, -0.25) is 0 Å². The zero-order valence-corrected chi connectivity index (χ0v) is 10.3. The lowest BCUT2D eigenvalue weighted by Crippen LogP contribution is -2.43. The number of hydrogen-bond donors (Lipinski definition) is 2. The van der Waals surface area contributed by atoms with Crippen LogP contribution in [0.5, 0.6) is 0 Å². The Morgan fingerprint density at radius 3 is 3.11 bits per heavy atom. The van der Waals surface area contributed by atoms with E-state index in [-0.39, 0.29) is 6.10 Å². The summed E-state index contributed by atoms with van der Waals surface area (Å²) in [6.07, 6.45) is 0.626. The summed E-state index contributed by atoms with van der Waals surface area (Å²) < 4.78 is 5.70. The van der Waals surface area contributed by atoms with Crippen molar-refractivity contribution < 1.29 is 9.52 Å². The van der Waals surface area contributed by atoms with Crippen LogP contribution in [0, 0.1) is 5.92 Å². The van der Waals surface area contributed by atoms with E-state index in [9.17, 15) is 5.11 Å². The fourth-order valence-electron chi connectivity index (χ4n) is 2.29. The monoisotopic (exact) mass is 247 g/mol. The largest absolute Gasteiger partial charge is 0.423 e. The Balaban J connectivity index is 1.90. The van der Waals surface area contributed by atoms with Crippen LogP contribution in [0.15, 0.2) is 22.6 Å². The second kappa shape index (κ2) is 4.17. The lowest BCUT2D eigenvalue weighted by Gasteiger charge is -2.33. The number of nitrogens with two attached hydrogens (primary N) is 1. The molecule has 5 heteroatoms. The second-order valence-corrected chi connectivity index (χ2v) is 5.00. The molecule has 1 saturated heterocycles. The van der Waals surface area contributed by atoms with Crippen LogP contribution in [-0.4, -0.2) is 29.3 Å². The van der Waals surface area contributed by atoms with Gasteiger partial charge >= 0.3 is 0 Å². The number of anilines is 2. The first-order chi connectivity index (χ1) is 8.63. The SMILES string of the molecule is CC1CCN(c2nc3ccc(N)cc3o2)CC1O. The highest BCUT2D eigenvalue weighted by Gasteiger charge is 2.26. The lowest BCUT2D eigenvalue weighted by molar-refractivity contribution is 0.101. The van der Waals surface area contributed by atoms with Gasteiger partial charge in [-0.1, -0.05) is 6.92 Å². The minimum Gasteiger partial charge on any atom is -0.423 e. The van der Waals surface area contributed by atoms with E-state index in [0.29, 0.717) is 29.7 Å². The van der Waals surface area contributed by atoms with Crippen molar-refractivity contribution in [3.8, 4) is 0 Å². The molecule has 0 saturated carbocycles. The highest BCUT2D eigenvalue weighted by molar-refractivity contribution is 5.78. The molecule has 0 radical (unpaired) electrons. The van der Waals surface area contributed by atoms with Gasteiger partial charge in [-0.2, -0.15) is 4.98 Å². The van der Waals surface area contributed by atoms with Crippen LogP contribution in [0.2, 0.25) is 0 Å². The first-order valence-electron chi connectivity index (χ1n) is 6.22. The van der Waals surface area contributed by atoms with Crippen LogP contribution in [0.3, 0.4) is 0 Å². The molecule has 0 amide bonds. The first kappa shape index (κ1) is 11.3. The average Bonchev–Trinajstić information content (AvgIpc) is 2.75. The van der Waals surface area contributed by atoms with Crippen LogP contribution < -0.4 is 10.6 Å². The van der Waals surface area contributed by atoms with Crippen LogP contribution in [0.25, 0.3) is 11.1 Å². The van der Waals surface area contributed by atoms with Crippen LogP contribution in [0.4, 0.5) is 11.7 Å². The number of aliphatic hydroxyl groups is 1. The molecule has 0 aliphatic carbocycles. The Kier molecular flexibility index (Phi) is 2.63. The predicted octanol–water partition coefficient (Wildman–Crippen LogP) is 1.62. The first-order valence-corrected chi connectivity index (χ1v) is 6.22. The van der Waals surface area contributed by atoms with Gasteiger partial charge in [0.2, 0.25) is 0 Å². The van der Waals surface area contributed by atoms with Crippen LogP contribution in [-0.2, 0) is 0 Å². The molecular formula is C13H17N3O2. The van der Waals surface area contributed by atoms with Gasteiger partial charge in [0, 0.05) is 24.8 Å². The number of benzene rings is 1. The number of fused-ring (bicyclic) bond motifs is 1. The highest BCUT2D eigenvalue weighted by Crippen LogP contribution is 2.27. The Morgan fingerprint density at radius 2 is 2.33 bits per heavy atom. The summed E-state index contributed by atoms with van der Waals surface area (Å²) in [6.45, 7) is 3.50. The molecule has 1 aliphatic heterocycles. The van der Waals surface area contributed by atoms with E-state index in [1.807, 2.05) is 17.0 Å². The van der Waals surface area contributed by atoms with Crippen molar-refractivity contribution in [3.63, 3.8) is 0 Å². The van der Waals surface area contributed by atoms with Crippen molar-refractivity contribution in [1.29, 1.82) is 0 Å². The molecule has 2 atom stereocenters. The number of β-amino-alcohol motifs (C(OH)–C–C–N with tert-alkyl or cyclic N) is 1. The molecule has 2 heterocycles. The third kappa shape index (κ3) is 1.90. The quantitative estimate of drug-likeness (QED) is 0.749. The lowest BCUT2D eigenvalue weighted by atomic mass is 9.96. The summed E-state index contributed by atoms with van der Waals surface area (Å²) in [5.41, 5.74) is 7.87. The summed E-state index contributed by atoms with van der Waals surface area (Å²) in [5, 5.41) is 9.90. The number of nitrogens with zero attached hydrogens (tertiary/aromatic N) is 2. The van der Waals surface area contributed by atoms with Gasteiger partial charge in [0.1, 0.15) is 5.52 Å². The summed E-state index contributed by atoms with van der Waals surface area (Å²) in [6, 6.07) is 6.00. The van der Waals surface area contributed by atoms with Crippen LogP contribution >= 0.6 is 0 Å². The zero-order chi connectivity index (χ0) is 12.7. The van der Waals surface area contributed by atoms with Crippen LogP contribution in [0.1, 0.15) is 13.3 Å². The molecule has 18 heavy (non-hydrogen) atoms. The Hall–Kier alpha value is -1.75. The van der Waals surface area contributed by atoms with Crippen molar-refractivity contribution in [2.24, 2.45) is 5.92 Å². The number of nitrogen functional groups attached to an aromatic ring is 1. The molecule has 1 aromatic carbocycles. The topological polar surface area (TPSA) is 75.5 Å². The minimum absolute atomic E-state index is 0.321. The average molecular weight is 247 g/mol. The third-order valence-corrected chi connectivity index (χ3v) is 3.59. The van der Waals surface area contributed by atoms with Gasteiger partial charge in [-0.25, -0.2) is 0 Å². The Bertz CT molecular complexity index is 566. The van der Waals surface area contributed by atoms with Gasteiger partial charge in [-0.05, 0) is 24.5 Å². The molecule has 2 unspecified atom stereocenters. The molecule has 2 aromatic rings. The van der Waals surface area contributed by atoms with Crippen molar-refractivity contribution >= 4 is 22.8 Å². The van der Waals surface area contributed by atoms with Crippen molar-refractivity contribution in [2.45, 2.75) is 19.4 Å². The van der Waals surface area contributed by atoms with Gasteiger partial charge in [0.25, 0.3) is 6.01 Å². The van der Waals surface area contributed by atoms with Gasteiger partial charge in [0.05, 0.1) is 6.10 Å². The standard InChI is InChI=1S/C13H17N3O2/c1-8-4-5-16(7-11(8)17)13-15-10-3-2-9(14)6-12(10)18-13/h2-3,6,8,11,17H,4-5,7,14H2,1H3. The fraction of sp³-hybridized carbons (Fsp3) is 0.462. The van der Waals surface area contributed by atoms with Gasteiger partial charge in [-0.15, -0.1) is 0 Å². The number of hydrogen-bond acceptors (Lipinski definition) is 5. The summed E-state index contributed by atoms with van der Waals surface area (Å²) >= 11 is 0. The number of rotatable bonds is 1. The number of aromatic nitrogens is 1. The predicted molar refractivity (Wildman–Crippen MR) is 70.4 cm³/mol. The number of oxazole rings is 1. The molecule has 1 aromatic heterocycles. The fourth-order valence-corrected chi connectivity index (χ4v) is 2.29. The molecule has 3 N–H and O–H groups in total. The third-order valence-electron chi connectivity index (χ3n) is 3.59. The second-order valence-electron chi connectivity index (χ2n) is 5.00. The number of piperidine rings is 1. The summed E-state index contributed by atoms with van der Waals surface area (Å²) in [7, 11) is 0. The molecule has 3 rings (SSSR count). The Morgan fingerprint density at radius 1 is 1.50 bits per heavy atom. The molecule has 1 aliphatic rings. The maximum absolute atomic E-state index is 9.90. The van der Waals surface area contributed by atoms with Gasteiger partial charge in [0.15, 0.2) is 5.58 Å². The zero-order valence-electron chi connectivity index (χ0n) is 10.3. The van der Waals surface area contributed by atoms with Gasteiger partial charge < -0.3 is 20.2 Å². The summed E-state index contributed by atoms with van der Waals surface area (Å²) in [5.74, 6) is 0.335. The van der Waals surface area contributed by atoms with E-state index >= 15 is 0 Å². The van der Waals surface area contributed by atoms with E-state index in [1.54, 1.807) is 6.07 Å². The van der Waals surface area contributed by atoms with E-state index in [2.05, 4.69) is 11.9 Å². The maximum Gasteiger partial charge on any atom is 0.298 e. The van der Waals surface area contributed by atoms with Crippen molar-refractivity contribution in [1.82, 2.24) is 4.98 Å². The summed E-state index contributed by atoms with van der Waals surface area (Å²) in [4.78, 5) is 6.42. The molecular weight excluding hydrogens is 230 g/mol. The maximum atomic E-state index is 9.90. The van der Waals surface area contributed by atoms with Crippen molar-refractivity contribution in [2.75, 3.05) is 23.7 Å². The van der Waals surface area contributed by atoms with E-state index < -0.39 is 0 Å². The molecule has 96 valence electrons. The Labute approximate surface area is 105 Å². The van der Waals surface area contributed by atoms with E-state index in [0.717, 1.165) is 18.5 Å². The van der Waals surface area contributed by atoms with Crippen molar-refractivity contribution in [3.05, 3.63) is 18.2 Å². The molecule has 5 nitrogen and oxygen atoms in total. The highest BCUT2D eigenvalue weighted by atomic mass is 16.4. The molecule has 0 bridgehead atoms.